The number of hydrogen-bond acceptors (Lipinski definition) is 3. The molecule has 0 aliphatic carbocycles. The number of allylic oxidation sites excluding steroid dienone is 1. The first kappa shape index (κ1) is 12.2. The van der Waals surface area contributed by atoms with E-state index in [0.29, 0.717) is 5.56 Å². The van der Waals surface area contributed by atoms with Gasteiger partial charge in [-0.15, -0.1) is 0 Å². The van der Waals surface area contributed by atoms with Crippen molar-refractivity contribution in [1.29, 1.82) is 10.5 Å². The highest BCUT2D eigenvalue weighted by molar-refractivity contribution is 14.1. The Morgan fingerprint density at radius 1 is 1.31 bits per heavy atom. The van der Waals surface area contributed by atoms with Crippen molar-refractivity contribution < 1.29 is 9.90 Å². The van der Waals surface area contributed by atoms with Crippen LogP contribution >= 0.6 is 22.6 Å². The van der Waals surface area contributed by atoms with E-state index >= 15 is 0 Å². The molecule has 0 heterocycles. The number of carboxylic acids is 1. The molecule has 0 radical (unpaired) electrons. The number of halogens is 1. The van der Waals surface area contributed by atoms with Crippen LogP contribution in [0.5, 0.6) is 0 Å². The highest BCUT2D eigenvalue weighted by Crippen LogP contribution is 2.15. The molecule has 0 aliphatic rings. The Balaban J connectivity index is 3.28. The predicted octanol–water partition coefficient (Wildman–Crippen LogP) is 2.42. The zero-order chi connectivity index (χ0) is 12.1. The predicted molar refractivity (Wildman–Crippen MR) is 65.3 cm³/mol. The van der Waals surface area contributed by atoms with Crippen LogP contribution in [0.4, 0.5) is 0 Å². The third-order valence-electron chi connectivity index (χ3n) is 1.72. The van der Waals surface area contributed by atoms with Gasteiger partial charge in [0.15, 0.2) is 0 Å². The minimum Gasteiger partial charge on any atom is -0.478 e. The second-order valence-electron chi connectivity index (χ2n) is 2.86. The summed E-state index contributed by atoms with van der Waals surface area (Å²) in [6, 6.07) is 8.06. The summed E-state index contributed by atoms with van der Waals surface area (Å²) in [6.07, 6.45) is 1.36. The van der Waals surface area contributed by atoms with Crippen molar-refractivity contribution in [3.8, 4) is 12.1 Å². The Kier molecular flexibility index (Phi) is 4.03. The van der Waals surface area contributed by atoms with E-state index < -0.39 is 5.97 Å². The van der Waals surface area contributed by atoms with E-state index in [1.165, 1.54) is 18.2 Å². The first-order valence-corrected chi connectivity index (χ1v) is 5.20. The maximum Gasteiger partial charge on any atom is 0.335 e. The van der Waals surface area contributed by atoms with Crippen LogP contribution in [0.2, 0.25) is 0 Å². The fraction of sp³-hybridized carbons (Fsp3) is 0. The fourth-order valence-electron chi connectivity index (χ4n) is 1.08. The standard InChI is InChI=1S/C11H5IN2O2/c12-10-3-7(1-8(5-13)6-14)2-9(4-10)11(15)16/h1-4H,(H,15,16). The van der Waals surface area contributed by atoms with Crippen LogP contribution in [0.1, 0.15) is 15.9 Å². The molecule has 16 heavy (non-hydrogen) atoms. The van der Waals surface area contributed by atoms with Gasteiger partial charge in [0.05, 0.1) is 5.56 Å². The molecule has 0 bridgehead atoms. The lowest BCUT2D eigenvalue weighted by atomic mass is 10.1. The van der Waals surface area contributed by atoms with Crippen LogP contribution in [0.15, 0.2) is 23.8 Å². The van der Waals surface area contributed by atoms with E-state index in [4.69, 9.17) is 15.6 Å². The number of benzene rings is 1. The summed E-state index contributed by atoms with van der Waals surface area (Å²) in [5.74, 6) is -1.04. The number of carbonyl (C=O) groups is 1. The van der Waals surface area contributed by atoms with E-state index in [2.05, 4.69) is 0 Å². The summed E-state index contributed by atoms with van der Waals surface area (Å²) in [5.41, 5.74) is 0.606. The molecule has 1 rings (SSSR count). The Labute approximate surface area is 106 Å². The molecule has 0 saturated carbocycles. The molecule has 0 atom stereocenters. The molecule has 78 valence electrons. The molecular formula is C11H5IN2O2. The number of carboxylic acid groups (broad SMARTS) is 1. The Bertz CT molecular complexity index is 534. The van der Waals surface area contributed by atoms with Crippen molar-refractivity contribution in [2.75, 3.05) is 0 Å². The maximum atomic E-state index is 10.8. The third-order valence-corrected chi connectivity index (χ3v) is 2.34. The first-order chi connectivity index (χ1) is 7.56. The lowest BCUT2D eigenvalue weighted by molar-refractivity contribution is 0.0697. The first-order valence-electron chi connectivity index (χ1n) is 4.12. The summed E-state index contributed by atoms with van der Waals surface area (Å²) in [4.78, 5) is 10.8. The lowest BCUT2D eigenvalue weighted by Crippen LogP contribution is -1.97. The Morgan fingerprint density at radius 3 is 2.44 bits per heavy atom. The van der Waals surface area contributed by atoms with Crippen LogP contribution in [0.3, 0.4) is 0 Å². The van der Waals surface area contributed by atoms with Crippen LogP contribution in [0.25, 0.3) is 6.08 Å². The molecule has 1 N–H and O–H groups in total. The van der Waals surface area contributed by atoms with Gasteiger partial charge in [-0.25, -0.2) is 4.79 Å². The van der Waals surface area contributed by atoms with Gasteiger partial charge in [-0.2, -0.15) is 10.5 Å². The number of nitriles is 2. The zero-order valence-corrected chi connectivity index (χ0v) is 10.1. The summed E-state index contributed by atoms with van der Waals surface area (Å²) < 4.78 is 0.735. The monoisotopic (exact) mass is 324 g/mol. The van der Waals surface area contributed by atoms with Crippen molar-refractivity contribution in [2.45, 2.75) is 0 Å². The number of nitrogens with zero attached hydrogens (tertiary/aromatic N) is 2. The van der Waals surface area contributed by atoms with Gasteiger partial charge in [-0.3, -0.25) is 0 Å². The van der Waals surface area contributed by atoms with Crippen molar-refractivity contribution in [1.82, 2.24) is 0 Å². The largest absolute Gasteiger partial charge is 0.478 e. The normalized spacial score (nSPS) is 8.69. The van der Waals surface area contributed by atoms with E-state index in [9.17, 15) is 4.79 Å². The van der Waals surface area contributed by atoms with Crippen molar-refractivity contribution in [3.05, 3.63) is 38.5 Å². The van der Waals surface area contributed by atoms with Gasteiger partial charge in [0.1, 0.15) is 17.7 Å². The average Bonchev–Trinajstić information content (AvgIpc) is 2.25. The van der Waals surface area contributed by atoms with E-state index in [-0.39, 0.29) is 11.1 Å². The topological polar surface area (TPSA) is 84.9 Å². The van der Waals surface area contributed by atoms with Gasteiger partial charge < -0.3 is 5.11 Å². The van der Waals surface area contributed by atoms with E-state index in [1.807, 2.05) is 22.6 Å². The summed E-state index contributed by atoms with van der Waals surface area (Å²) in [6.45, 7) is 0. The van der Waals surface area contributed by atoms with E-state index in [1.54, 1.807) is 18.2 Å². The lowest BCUT2D eigenvalue weighted by Gasteiger charge is -1.99. The third kappa shape index (κ3) is 3.07. The molecule has 0 amide bonds. The second kappa shape index (κ2) is 5.29. The molecule has 0 spiro atoms. The summed E-state index contributed by atoms with van der Waals surface area (Å²) in [7, 11) is 0. The minimum absolute atomic E-state index is 0.0571. The van der Waals surface area contributed by atoms with Gasteiger partial charge in [-0.1, -0.05) is 0 Å². The van der Waals surface area contributed by atoms with Crippen molar-refractivity contribution in [3.63, 3.8) is 0 Å². The summed E-state index contributed by atoms with van der Waals surface area (Å²) >= 11 is 1.98. The van der Waals surface area contributed by atoms with Crippen molar-refractivity contribution >= 4 is 34.6 Å². The number of rotatable bonds is 2. The average molecular weight is 324 g/mol. The van der Waals surface area contributed by atoms with Crippen LogP contribution in [-0.2, 0) is 0 Å². The minimum atomic E-state index is -1.04. The maximum absolute atomic E-state index is 10.8. The van der Waals surface area contributed by atoms with Crippen LogP contribution in [-0.4, -0.2) is 11.1 Å². The van der Waals surface area contributed by atoms with Gasteiger partial charge in [0.25, 0.3) is 0 Å². The molecule has 0 aromatic heterocycles. The highest BCUT2D eigenvalue weighted by atomic mass is 127. The Morgan fingerprint density at radius 2 is 1.94 bits per heavy atom. The van der Waals surface area contributed by atoms with Gasteiger partial charge >= 0.3 is 5.97 Å². The summed E-state index contributed by atoms with van der Waals surface area (Å²) in [5, 5.41) is 26.0. The molecule has 1 aromatic rings. The smallest absolute Gasteiger partial charge is 0.335 e. The quantitative estimate of drug-likeness (QED) is 0.669. The number of aromatic carboxylic acids is 1. The molecule has 0 saturated heterocycles. The fourth-order valence-corrected chi connectivity index (χ4v) is 1.77. The molecule has 0 fully saturated rings. The van der Waals surface area contributed by atoms with Crippen LogP contribution < -0.4 is 0 Å². The van der Waals surface area contributed by atoms with Gasteiger partial charge in [0, 0.05) is 3.57 Å². The van der Waals surface area contributed by atoms with Crippen molar-refractivity contribution in [2.24, 2.45) is 0 Å². The van der Waals surface area contributed by atoms with Gasteiger partial charge in [0.2, 0.25) is 0 Å². The molecular weight excluding hydrogens is 319 g/mol. The Hall–Kier alpha value is -1.86. The van der Waals surface area contributed by atoms with Crippen LogP contribution in [0, 0.1) is 26.2 Å². The van der Waals surface area contributed by atoms with Gasteiger partial charge in [-0.05, 0) is 52.4 Å². The zero-order valence-electron chi connectivity index (χ0n) is 7.94. The SMILES string of the molecule is N#CC(C#N)=Cc1cc(I)cc(C(=O)O)c1. The highest BCUT2D eigenvalue weighted by Gasteiger charge is 2.05. The molecule has 5 heteroatoms. The molecule has 0 aliphatic heterocycles. The molecule has 1 aromatic carbocycles. The van der Waals surface area contributed by atoms with E-state index in [0.717, 1.165) is 3.57 Å². The number of hydrogen-bond donors (Lipinski definition) is 1. The second-order valence-corrected chi connectivity index (χ2v) is 4.11. The molecule has 4 nitrogen and oxygen atoms in total. The molecule has 0 unspecified atom stereocenters.